The molecule has 136 valence electrons. The highest BCUT2D eigenvalue weighted by Crippen LogP contribution is 2.17. The van der Waals surface area contributed by atoms with E-state index in [1.807, 2.05) is 11.0 Å². The zero-order valence-electron chi connectivity index (χ0n) is 14.7. The zero-order valence-corrected chi connectivity index (χ0v) is 14.7. The van der Waals surface area contributed by atoms with E-state index < -0.39 is 5.91 Å². The van der Waals surface area contributed by atoms with Gasteiger partial charge in [-0.2, -0.15) is 0 Å². The highest BCUT2D eigenvalue weighted by atomic mass is 16.2. The number of nitrogens with zero attached hydrogens (tertiary/aromatic N) is 4. The molecule has 0 aliphatic carbocycles. The lowest BCUT2D eigenvalue weighted by atomic mass is 10.2. The van der Waals surface area contributed by atoms with Gasteiger partial charge in [0.05, 0.1) is 6.54 Å². The fourth-order valence-corrected chi connectivity index (χ4v) is 3.53. The highest BCUT2D eigenvalue weighted by molar-refractivity contribution is 5.91. The molecule has 2 saturated heterocycles. The maximum atomic E-state index is 12.5. The number of carbonyl (C=O) groups is 2. The van der Waals surface area contributed by atoms with Crippen LogP contribution in [0.5, 0.6) is 0 Å². The number of likely N-dealkylation sites (tertiary alicyclic amines) is 1. The molecule has 1 aromatic heterocycles. The van der Waals surface area contributed by atoms with Crippen LogP contribution < -0.4 is 10.6 Å². The first-order chi connectivity index (χ1) is 12.1. The average molecular weight is 345 g/mol. The lowest BCUT2D eigenvalue weighted by Crippen LogP contribution is -2.50. The summed E-state index contributed by atoms with van der Waals surface area (Å²) in [6, 6.07) is 3.63. The summed E-state index contributed by atoms with van der Waals surface area (Å²) in [7, 11) is 0. The molecule has 0 bridgehead atoms. The molecular formula is C18H27N5O2. The molecule has 2 aliphatic heterocycles. The highest BCUT2D eigenvalue weighted by Gasteiger charge is 2.22. The zero-order chi connectivity index (χ0) is 17.6. The molecule has 0 aromatic carbocycles. The van der Waals surface area contributed by atoms with Crippen LogP contribution in [0.25, 0.3) is 0 Å². The third-order valence-corrected chi connectivity index (χ3v) is 5.05. The largest absolute Gasteiger partial charge is 0.369 e. The van der Waals surface area contributed by atoms with Crippen molar-refractivity contribution < 1.29 is 9.59 Å². The van der Waals surface area contributed by atoms with E-state index in [1.54, 1.807) is 12.3 Å². The van der Waals surface area contributed by atoms with Crippen LogP contribution in [0.1, 0.15) is 36.2 Å². The van der Waals surface area contributed by atoms with Crippen LogP contribution in [0, 0.1) is 0 Å². The molecule has 7 heteroatoms. The molecule has 0 atom stereocenters. The number of aromatic nitrogens is 1. The second kappa shape index (κ2) is 8.29. The molecule has 7 nitrogen and oxygen atoms in total. The second-order valence-corrected chi connectivity index (χ2v) is 6.82. The topological polar surface area (TPSA) is 82.8 Å². The lowest BCUT2D eigenvalue weighted by Gasteiger charge is -2.36. The number of nitrogens with two attached hydrogens (primary N) is 1. The Labute approximate surface area is 148 Å². The van der Waals surface area contributed by atoms with Crippen LogP contribution in [0.15, 0.2) is 18.3 Å². The van der Waals surface area contributed by atoms with Gasteiger partial charge in [-0.05, 0) is 25.0 Å². The van der Waals surface area contributed by atoms with E-state index in [2.05, 4.69) is 14.8 Å². The molecule has 25 heavy (non-hydrogen) atoms. The average Bonchev–Trinajstić information content (AvgIpc) is 2.92. The van der Waals surface area contributed by atoms with Gasteiger partial charge in [0.25, 0.3) is 5.91 Å². The van der Waals surface area contributed by atoms with Crippen molar-refractivity contribution in [2.24, 2.45) is 5.73 Å². The number of carbonyl (C=O) groups excluding carboxylic acids is 2. The van der Waals surface area contributed by atoms with Gasteiger partial charge < -0.3 is 15.5 Å². The van der Waals surface area contributed by atoms with E-state index in [-0.39, 0.29) is 11.6 Å². The van der Waals surface area contributed by atoms with Gasteiger partial charge in [-0.15, -0.1) is 0 Å². The molecular weight excluding hydrogens is 318 g/mol. The van der Waals surface area contributed by atoms with E-state index in [0.717, 1.165) is 57.8 Å². The van der Waals surface area contributed by atoms with Crippen molar-refractivity contribution in [1.29, 1.82) is 0 Å². The van der Waals surface area contributed by atoms with Crippen LogP contribution in [-0.2, 0) is 4.79 Å². The minimum Gasteiger partial charge on any atom is -0.369 e. The summed E-state index contributed by atoms with van der Waals surface area (Å²) in [4.78, 5) is 34.2. The van der Waals surface area contributed by atoms with Crippen molar-refractivity contribution in [3.8, 4) is 0 Å². The van der Waals surface area contributed by atoms with E-state index in [0.29, 0.717) is 6.54 Å². The Morgan fingerprint density at radius 1 is 1.00 bits per heavy atom. The Balaban J connectivity index is 1.50. The maximum absolute atomic E-state index is 12.5. The maximum Gasteiger partial charge on any atom is 0.267 e. The molecule has 0 saturated carbocycles. The van der Waals surface area contributed by atoms with Crippen molar-refractivity contribution in [1.82, 2.24) is 14.8 Å². The summed E-state index contributed by atoms with van der Waals surface area (Å²) in [5, 5.41) is 0. The molecule has 0 unspecified atom stereocenters. The Morgan fingerprint density at radius 3 is 2.32 bits per heavy atom. The van der Waals surface area contributed by atoms with Crippen LogP contribution >= 0.6 is 0 Å². The Bertz CT molecular complexity index is 605. The summed E-state index contributed by atoms with van der Waals surface area (Å²) < 4.78 is 0. The molecule has 0 spiro atoms. The van der Waals surface area contributed by atoms with Gasteiger partial charge in [0.15, 0.2) is 0 Å². The first kappa shape index (κ1) is 17.7. The van der Waals surface area contributed by atoms with Gasteiger partial charge in [0, 0.05) is 51.2 Å². The minimum atomic E-state index is -0.511. The quantitative estimate of drug-likeness (QED) is 0.869. The number of anilines is 1. The van der Waals surface area contributed by atoms with Gasteiger partial charge in [-0.25, -0.2) is 0 Å². The molecule has 1 aromatic rings. The van der Waals surface area contributed by atoms with Crippen molar-refractivity contribution >= 4 is 17.5 Å². The second-order valence-electron chi connectivity index (χ2n) is 6.82. The normalized spacial score (nSPS) is 19.5. The fourth-order valence-electron chi connectivity index (χ4n) is 3.53. The first-order valence-corrected chi connectivity index (χ1v) is 9.14. The standard InChI is InChI=1S/C18H27N5O2/c19-18(25)16-13-15(5-6-20-16)22-11-9-21(10-12-22)14-17(24)23-7-3-1-2-4-8-23/h5-6,13H,1-4,7-12,14H2,(H2,19,25). The number of hydrogen-bond donors (Lipinski definition) is 1. The third kappa shape index (κ3) is 4.69. The minimum absolute atomic E-state index is 0.260. The summed E-state index contributed by atoms with van der Waals surface area (Å²) in [6.45, 7) is 5.67. The SMILES string of the molecule is NC(=O)c1cc(N2CCN(CC(=O)N3CCCCCC3)CC2)ccn1. The van der Waals surface area contributed by atoms with Gasteiger partial charge in [-0.1, -0.05) is 12.8 Å². The Kier molecular flexibility index (Phi) is 5.86. The molecule has 2 aliphatic rings. The smallest absolute Gasteiger partial charge is 0.267 e. The molecule has 2 fully saturated rings. The summed E-state index contributed by atoms with van der Waals surface area (Å²) in [5.74, 6) is -0.251. The van der Waals surface area contributed by atoms with E-state index in [4.69, 9.17) is 5.73 Å². The van der Waals surface area contributed by atoms with E-state index >= 15 is 0 Å². The van der Waals surface area contributed by atoms with E-state index in [1.165, 1.54) is 12.8 Å². The van der Waals surface area contributed by atoms with Gasteiger partial charge in [0.1, 0.15) is 5.69 Å². The Hall–Kier alpha value is -2.15. The number of hydrogen-bond acceptors (Lipinski definition) is 5. The molecule has 3 heterocycles. The summed E-state index contributed by atoms with van der Waals surface area (Å²) in [6.07, 6.45) is 6.35. The molecule has 2 N–H and O–H groups in total. The van der Waals surface area contributed by atoms with E-state index in [9.17, 15) is 9.59 Å². The third-order valence-electron chi connectivity index (χ3n) is 5.05. The van der Waals surface area contributed by atoms with Crippen LogP contribution in [-0.4, -0.2) is 72.4 Å². The summed E-state index contributed by atoms with van der Waals surface area (Å²) in [5.41, 5.74) is 6.55. The van der Waals surface area contributed by atoms with Crippen LogP contribution in [0.4, 0.5) is 5.69 Å². The fraction of sp³-hybridized carbons (Fsp3) is 0.611. The first-order valence-electron chi connectivity index (χ1n) is 9.14. The van der Waals surface area contributed by atoms with Gasteiger partial charge in [-0.3, -0.25) is 19.5 Å². The van der Waals surface area contributed by atoms with Crippen LogP contribution in [0.2, 0.25) is 0 Å². The van der Waals surface area contributed by atoms with Gasteiger partial charge in [0.2, 0.25) is 5.91 Å². The number of rotatable bonds is 4. The van der Waals surface area contributed by atoms with Crippen LogP contribution in [0.3, 0.4) is 0 Å². The molecule has 2 amide bonds. The molecule has 0 radical (unpaired) electrons. The Morgan fingerprint density at radius 2 is 1.68 bits per heavy atom. The molecule has 3 rings (SSSR count). The van der Waals surface area contributed by atoms with Crippen molar-refractivity contribution in [2.75, 3.05) is 50.7 Å². The van der Waals surface area contributed by atoms with Crippen molar-refractivity contribution in [2.45, 2.75) is 25.7 Å². The van der Waals surface area contributed by atoms with Gasteiger partial charge >= 0.3 is 0 Å². The number of primary amides is 1. The van der Waals surface area contributed by atoms with Crippen molar-refractivity contribution in [3.05, 3.63) is 24.0 Å². The monoisotopic (exact) mass is 345 g/mol. The predicted molar refractivity (Wildman–Crippen MR) is 96.5 cm³/mol. The summed E-state index contributed by atoms with van der Waals surface area (Å²) >= 11 is 0. The number of pyridine rings is 1. The van der Waals surface area contributed by atoms with Crippen molar-refractivity contribution in [3.63, 3.8) is 0 Å². The lowest BCUT2D eigenvalue weighted by molar-refractivity contribution is -0.132. The number of amides is 2. The number of piperazine rings is 1. The predicted octanol–water partition coefficient (Wildman–Crippen LogP) is 0.705.